The molecule has 2 aliphatic rings. The molecule has 0 spiro atoms. The standard InChI is InChI=1S/C20H32N4O4S/c1-14(2)19-22-20(28-23-19)24-11-9-16(10-12-24)6-5-13-27-18-8-7-17(15(3)21-18)29(4,25)26/h7,14,16,18H,5-6,8-13H2,1-4H3. The second kappa shape index (κ2) is 9.38. The lowest BCUT2D eigenvalue weighted by molar-refractivity contribution is 0.0556. The number of anilines is 1. The zero-order valence-corrected chi connectivity index (χ0v) is 18.6. The van der Waals surface area contributed by atoms with Crippen molar-refractivity contribution in [3.8, 4) is 0 Å². The quantitative estimate of drug-likeness (QED) is 0.590. The Hall–Kier alpha value is -1.74. The van der Waals surface area contributed by atoms with Crippen LogP contribution in [-0.2, 0) is 14.6 Å². The van der Waals surface area contributed by atoms with Gasteiger partial charge in [0, 0.05) is 38.3 Å². The van der Waals surface area contributed by atoms with Crippen LogP contribution in [0, 0.1) is 5.92 Å². The van der Waals surface area contributed by atoms with Crippen LogP contribution in [0.2, 0.25) is 0 Å². The van der Waals surface area contributed by atoms with Crippen LogP contribution in [0.25, 0.3) is 0 Å². The van der Waals surface area contributed by atoms with E-state index >= 15 is 0 Å². The molecule has 3 heterocycles. The third kappa shape index (κ3) is 5.88. The highest BCUT2D eigenvalue weighted by Gasteiger charge is 2.24. The van der Waals surface area contributed by atoms with Crippen LogP contribution < -0.4 is 4.90 Å². The van der Waals surface area contributed by atoms with E-state index in [9.17, 15) is 8.42 Å². The van der Waals surface area contributed by atoms with Gasteiger partial charge in [-0.3, -0.25) is 4.99 Å². The maximum absolute atomic E-state index is 11.7. The van der Waals surface area contributed by atoms with Gasteiger partial charge in [0.25, 0.3) is 0 Å². The Bertz CT molecular complexity index is 852. The topological polar surface area (TPSA) is 97.9 Å². The minimum Gasteiger partial charge on any atom is -0.356 e. The minimum absolute atomic E-state index is 0.268. The summed E-state index contributed by atoms with van der Waals surface area (Å²) in [4.78, 5) is 11.4. The first kappa shape index (κ1) is 22.0. The largest absolute Gasteiger partial charge is 0.356 e. The molecule has 0 aliphatic carbocycles. The summed E-state index contributed by atoms with van der Waals surface area (Å²) in [5.74, 6) is 1.71. The monoisotopic (exact) mass is 424 g/mol. The maximum atomic E-state index is 11.7. The Morgan fingerprint density at radius 1 is 1.31 bits per heavy atom. The van der Waals surface area contributed by atoms with Crippen LogP contribution in [0.5, 0.6) is 0 Å². The zero-order valence-electron chi connectivity index (χ0n) is 17.8. The van der Waals surface area contributed by atoms with Gasteiger partial charge >= 0.3 is 6.01 Å². The van der Waals surface area contributed by atoms with Crippen LogP contribution in [0.1, 0.15) is 64.6 Å². The highest BCUT2D eigenvalue weighted by molar-refractivity contribution is 7.95. The van der Waals surface area contributed by atoms with E-state index < -0.39 is 9.84 Å². The smallest absolute Gasteiger partial charge is 0.324 e. The number of allylic oxidation sites excluding steroid dienone is 1. The first-order valence-corrected chi connectivity index (χ1v) is 12.3. The number of nitrogens with zero attached hydrogens (tertiary/aromatic N) is 4. The van der Waals surface area contributed by atoms with Crippen LogP contribution >= 0.6 is 0 Å². The average molecular weight is 425 g/mol. The molecule has 3 rings (SSSR count). The molecule has 1 saturated heterocycles. The second-order valence-corrected chi connectivity index (χ2v) is 10.3. The van der Waals surface area contributed by atoms with Crippen molar-refractivity contribution in [2.75, 3.05) is 30.9 Å². The number of hydrogen-bond acceptors (Lipinski definition) is 8. The Labute approximate surface area is 173 Å². The molecule has 1 fully saturated rings. The number of ether oxygens (including phenoxy) is 1. The van der Waals surface area contributed by atoms with E-state index in [-0.39, 0.29) is 12.1 Å². The van der Waals surface area contributed by atoms with Crippen molar-refractivity contribution < 1.29 is 17.7 Å². The Kier molecular flexibility index (Phi) is 7.10. The highest BCUT2D eigenvalue weighted by Crippen LogP contribution is 2.26. The predicted octanol–water partition coefficient (Wildman–Crippen LogP) is 3.33. The number of aromatic nitrogens is 2. The van der Waals surface area contributed by atoms with Crippen LogP contribution in [0.4, 0.5) is 6.01 Å². The van der Waals surface area contributed by atoms with E-state index in [0.29, 0.717) is 35.6 Å². The number of piperidine rings is 1. The molecule has 1 unspecified atom stereocenters. The normalized spacial score (nSPS) is 21.4. The summed E-state index contributed by atoms with van der Waals surface area (Å²) >= 11 is 0. The minimum atomic E-state index is -3.21. The highest BCUT2D eigenvalue weighted by atomic mass is 32.2. The van der Waals surface area contributed by atoms with Crippen molar-refractivity contribution in [2.24, 2.45) is 10.9 Å². The lowest BCUT2D eigenvalue weighted by Crippen LogP contribution is -2.34. The van der Waals surface area contributed by atoms with Gasteiger partial charge in [0.05, 0.1) is 10.6 Å². The van der Waals surface area contributed by atoms with Gasteiger partial charge in [-0.05, 0) is 38.5 Å². The van der Waals surface area contributed by atoms with Gasteiger partial charge in [-0.25, -0.2) is 8.42 Å². The van der Waals surface area contributed by atoms with Gasteiger partial charge < -0.3 is 14.2 Å². The summed E-state index contributed by atoms with van der Waals surface area (Å²) < 4.78 is 34.6. The predicted molar refractivity (Wildman–Crippen MR) is 113 cm³/mol. The first-order valence-electron chi connectivity index (χ1n) is 10.4. The maximum Gasteiger partial charge on any atom is 0.324 e. The van der Waals surface area contributed by atoms with E-state index in [1.807, 2.05) is 0 Å². The van der Waals surface area contributed by atoms with Crippen LogP contribution in [0.15, 0.2) is 20.5 Å². The van der Waals surface area contributed by atoms with Crippen LogP contribution in [0.3, 0.4) is 0 Å². The molecule has 0 radical (unpaired) electrons. The van der Waals surface area contributed by atoms with Gasteiger partial charge in [-0.15, -0.1) is 0 Å². The fraction of sp³-hybridized carbons (Fsp3) is 0.750. The molecule has 0 bridgehead atoms. The van der Waals surface area contributed by atoms with Crippen molar-refractivity contribution in [1.82, 2.24) is 10.1 Å². The van der Waals surface area contributed by atoms with E-state index in [0.717, 1.165) is 44.6 Å². The molecule has 1 atom stereocenters. The van der Waals surface area contributed by atoms with Crippen molar-refractivity contribution in [1.29, 1.82) is 0 Å². The van der Waals surface area contributed by atoms with Gasteiger partial charge in [0.15, 0.2) is 21.9 Å². The van der Waals surface area contributed by atoms with Gasteiger partial charge in [0.1, 0.15) is 0 Å². The molecule has 0 N–H and O–H groups in total. The van der Waals surface area contributed by atoms with Gasteiger partial charge in [0.2, 0.25) is 0 Å². The molecular formula is C20H32N4O4S. The molecule has 1 aromatic heterocycles. The lowest BCUT2D eigenvalue weighted by Gasteiger charge is -2.30. The summed E-state index contributed by atoms with van der Waals surface area (Å²) in [6.07, 6.45) is 7.51. The number of sulfone groups is 1. The molecule has 1 aromatic rings. The number of hydrogen-bond donors (Lipinski definition) is 0. The Morgan fingerprint density at radius 2 is 2.03 bits per heavy atom. The lowest BCUT2D eigenvalue weighted by atomic mass is 9.92. The van der Waals surface area contributed by atoms with E-state index in [2.05, 4.69) is 33.9 Å². The third-order valence-electron chi connectivity index (χ3n) is 5.50. The molecule has 0 amide bonds. The van der Waals surface area contributed by atoms with Gasteiger partial charge in [-0.2, -0.15) is 4.98 Å². The molecule has 29 heavy (non-hydrogen) atoms. The molecular weight excluding hydrogens is 392 g/mol. The van der Waals surface area contributed by atoms with Crippen molar-refractivity contribution >= 4 is 21.6 Å². The first-order chi connectivity index (χ1) is 13.7. The summed E-state index contributed by atoms with van der Waals surface area (Å²) in [6.45, 7) is 8.37. The molecule has 162 valence electrons. The van der Waals surface area contributed by atoms with Crippen molar-refractivity contribution in [3.05, 3.63) is 16.8 Å². The van der Waals surface area contributed by atoms with E-state index in [1.54, 1.807) is 13.0 Å². The molecule has 0 saturated carbocycles. The second-order valence-electron chi connectivity index (χ2n) is 8.28. The summed E-state index contributed by atoms with van der Waals surface area (Å²) in [5.41, 5.74) is 0.540. The molecule has 9 heteroatoms. The van der Waals surface area contributed by atoms with E-state index in [4.69, 9.17) is 9.26 Å². The number of rotatable bonds is 8. The fourth-order valence-electron chi connectivity index (χ4n) is 3.81. The molecule has 2 aliphatic heterocycles. The Morgan fingerprint density at radius 3 is 2.62 bits per heavy atom. The van der Waals surface area contributed by atoms with Crippen molar-refractivity contribution in [3.63, 3.8) is 0 Å². The number of aliphatic imine (C=N–C) groups is 1. The summed E-state index contributed by atoms with van der Waals surface area (Å²) in [6, 6.07) is 0.641. The number of dihydropyridines is 1. The zero-order chi connectivity index (χ0) is 21.0. The average Bonchev–Trinajstić information content (AvgIpc) is 3.15. The summed E-state index contributed by atoms with van der Waals surface area (Å²) in [5, 5.41) is 4.05. The van der Waals surface area contributed by atoms with Gasteiger partial charge in [-0.1, -0.05) is 25.1 Å². The summed E-state index contributed by atoms with van der Waals surface area (Å²) in [7, 11) is -3.21. The van der Waals surface area contributed by atoms with Crippen molar-refractivity contribution in [2.45, 2.75) is 65.0 Å². The fourth-order valence-corrected chi connectivity index (χ4v) is 4.79. The molecule has 0 aromatic carbocycles. The van der Waals surface area contributed by atoms with E-state index in [1.165, 1.54) is 6.26 Å². The molecule has 8 nitrogen and oxygen atoms in total. The third-order valence-corrected chi connectivity index (χ3v) is 6.76. The SMILES string of the molecule is CC1=NC(OCCCC2CCN(c3nc(C(C)C)no3)CC2)CC=C1S(C)(=O)=O. The Balaban J connectivity index is 1.35. The van der Waals surface area contributed by atoms with Crippen LogP contribution in [-0.4, -0.2) is 56.5 Å².